The van der Waals surface area contributed by atoms with E-state index in [1.54, 1.807) is 24.3 Å². The zero-order chi connectivity index (χ0) is 16.7. The van der Waals surface area contributed by atoms with Crippen LogP contribution in [0.25, 0.3) is 0 Å². The van der Waals surface area contributed by atoms with Crippen LogP contribution in [0.15, 0.2) is 46.6 Å². The van der Waals surface area contributed by atoms with Crippen LogP contribution in [-0.2, 0) is 6.42 Å². The van der Waals surface area contributed by atoms with Crippen molar-refractivity contribution >= 4 is 12.4 Å². The molecule has 0 heterocycles. The minimum atomic E-state index is -0.647. The highest BCUT2D eigenvalue weighted by atomic mass is 19.1. The summed E-state index contributed by atoms with van der Waals surface area (Å²) in [7, 11) is 0. The second kappa shape index (κ2) is 7.95. The van der Waals surface area contributed by atoms with E-state index in [1.165, 1.54) is 18.3 Å². The summed E-state index contributed by atoms with van der Waals surface area (Å²) < 4.78 is 27.7. The van der Waals surface area contributed by atoms with Crippen LogP contribution in [-0.4, -0.2) is 12.4 Å². The van der Waals surface area contributed by atoms with Gasteiger partial charge in [-0.05, 0) is 41.8 Å². The molecule has 2 rings (SSSR count). The third kappa shape index (κ3) is 4.55. The first-order valence-electron chi connectivity index (χ1n) is 7.18. The van der Waals surface area contributed by atoms with Crippen molar-refractivity contribution in [1.29, 1.82) is 5.26 Å². The SMILES string of the molecule is CCCc1cc(F)c(/C=N/N=C/c2ccc(C#N)cc2)c(F)c1. The summed E-state index contributed by atoms with van der Waals surface area (Å²) in [5.41, 5.74) is 1.70. The molecule has 0 saturated carbocycles. The van der Waals surface area contributed by atoms with Crippen LogP contribution in [0.2, 0.25) is 0 Å². The van der Waals surface area contributed by atoms with E-state index in [-0.39, 0.29) is 5.56 Å². The third-order valence-corrected chi connectivity index (χ3v) is 3.18. The fourth-order valence-electron chi connectivity index (χ4n) is 2.03. The molecule has 0 spiro atoms. The van der Waals surface area contributed by atoms with E-state index in [4.69, 9.17) is 5.26 Å². The van der Waals surface area contributed by atoms with Crippen LogP contribution >= 0.6 is 0 Å². The molecule has 0 aliphatic rings. The molecule has 116 valence electrons. The lowest BCUT2D eigenvalue weighted by Gasteiger charge is -2.03. The molecule has 0 saturated heterocycles. The van der Waals surface area contributed by atoms with E-state index >= 15 is 0 Å². The second-order valence-corrected chi connectivity index (χ2v) is 4.95. The van der Waals surface area contributed by atoms with Crippen molar-refractivity contribution in [3.63, 3.8) is 0 Å². The number of halogens is 2. The van der Waals surface area contributed by atoms with Crippen LogP contribution in [0.4, 0.5) is 8.78 Å². The highest BCUT2D eigenvalue weighted by molar-refractivity contribution is 5.83. The quantitative estimate of drug-likeness (QED) is 0.602. The van der Waals surface area contributed by atoms with Gasteiger partial charge < -0.3 is 0 Å². The summed E-state index contributed by atoms with van der Waals surface area (Å²) in [6.07, 6.45) is 3.95. The molecule has 3 nitrogen and oxygen atoms in total. The Bertz CT molecular complexity index is 749. The lowest BCUT2D eigenvalue weighted by Crippen LogP contribution is -1.97. The fourth-order valence-corrected chi connectivity index (χ4v) is 2.03. The maximum atomic E-state index is 13.9. The number of nitriles is 1. The molecule has 0 aromatic heterocycles. The van der Waals surface area contributed by atoms with Gasteiger partial charge in [0.05, 0.1) is 29.6 Å². The Kier molecular flexibility index (Phi) is 5.70. The Morgan fingerprint density at radius 1 is 1.04 bits per heavy atom. The van der Waals surface area contributed by atoms with Crippen molar-refractivity contribution < 1.29 is 8.78 Å². The van der Waals surface area contributed by atoms with Gasteiger partial charge in [-0.2, -0.15) is 15.5 Å². The number of hydrogen-bond acceptors (Lipinski definition) is 3. The number of hydrogen-bond donors (Lipinski definition) is 0. The second-order valence-electron chi connectivity index (χ2n) is 4.95. The van der Waals surface area contributed by atoms with Crippen molar-refractivity contribution in [3.8, 4) is 6.07 Å². The van der Waals surface area contributed by atoms with Gasteiger partial charge in [0.1, 0.15) is 11.6 Å². The highest BCUT2D eigenvalue weighted by Gasteiger charge is 2.08. The normalized spacial score (nSPS) is 11.2. The maximum Gasteiger partial charge on any atom is 0.135 e. The molecule has 0 bridgehead atoms. The summed E-state index contributed by atoms with van der Waals surface area (Å²) in [6, 6.07) is 11.4. The van der Waals surface area contributed by atoms with Crippen molar-refractivity contribution in [2.24, 2.45) is 10.2 Å². The first-order chi connectivity index (χ1) is 11.1. The predicted molar refractivity (Wildman–Crippen MR) is 86.7 cm³/mol. The summed E-state index contributed by atoms with van der Waals surface area (Å²) in [5.74, 6) is -1.29. The van der Waals surface area contributed by atoms with E-state index < -0.39 is 11.6 Å². The van der Waals surface area contributed by atoms with Crippen LogP contribution in [0.1, 0.15) is 35.6 Å². The Labute approximate surface area is 133 Å². The topological polar surface area (TPSA) is 48.5 Å². The molecule has 2 aromatic rings. The molecule has 0 N–H and O–H groups in total. The number of benzene rings is 2. The minimum absolute atomic E-state index is 0.207. The van der Waals surface area contributed by atoms with Gasteiger partial charge in [0.25, 0.3) is 0 Å². The Balaban J connectivity index is 2.10. The van der Waals surface area contributed by atoms with Gasteiger partial charge >= 0.3 is 0 Å². The zero-order valence-corrected chi connectivity index (χ0v) is 12.6. The van der Waals surface area contributed by atoms with E-state index in [2.05, 4.69) is 10.2 Å². The van der Waals surface area contributed by atoms with Crippen molar-refractivity contribution in [2.75, 3.05) is 0 Å². The summed E-state index contributed by atoms with van der Waals surface area (Å²) >= 11 is 0. The van der Waals surface area contributed by atoms with Gasteiger partial charge in [-0.25, -0.2) is 8.78 Å². The van der Waals surface area contributed by atoms with Crippen LogP contribution < -0.4 is 0 Å². The maximum absolute atomic E-state index is 13.9. The molecular weight excluding hydrogens is 296 g/mol. The van der Waals surface area contributed by atoms with E-state index in [0.717, 1.165) is 18.2 Å². The van der Waals surface area contributed by atoms with E-state index in [0.29, 0.717) is 17.5 Å². The monoisotopic (exact) mass is 311 g/mol. The summed E-state index contributed by atoms with van der Waals surface area (Å²) in [4.78, 5) is 0. The van der Waals surface area contributed by atoms with Gasteiger partial charge in [-0.3, -0.25) is 0 Å². The Morgan fingerprint density at radius 3 is 2.22 bits per heavy atom. The summed E-state index contributed by atoms with van der Waals surface area (Å²) in [5, 5.41) is 16.1. The Morgan fingerprint density at radius 2 is 1.65 bits per heavy atom. The standard InChI is InChI=1S/C18H15F2N3/c1-2-3-15-8-17(19)16(18(20)9-15)12-23-22-11-14-6-4-13(10-21)5-7-14/h4-9,11-12H,2-3H2,1H3/b22-11+,23-12+. The molecular formula is C18H15F2N3. The van der Waals surface area contributed by atoms with Gasteiger partial charge in [0.15, 0.2) is 0 Å². The van der Waals surface area contributed by atoms with Gasteiger partial charge in [-0.15, -0.1) is 0 Å². The number of rotatable bonds is 5. The summed E-state index contributed by atoms with van der Waals surface area (Å²) in [6.45, 7) is 1.95. The highest BCUT2D eigenvalue weighted by Crippen LogP contribution is 2.15. The molecule has 0 fully saturated rings. The molecule has 0 aliphatic carbocycles. The molecule has 0 aliphatic heterocycles. The largest absolute Gasteiger partial charge is 0.206 e. The molecule has 5 heteroatoms. The van der Waals surface area contributed by atoms with E-state index in [9.17, 15) is 8.78 Å². The molecule has 0 radical (unpaired) electrons. The smallest absolute Gasteiger partial charge is 0.135 e. The van der Waals surface area contributed by atoms with Crippen LogP contribution in [0.5, 0.6) is 0 Å². The third-order valence-electron chi connectivity index (χ3n) is 3.18. The molecule has 0 atom stereocenters. The van der Waals surface area contributed by atoms with Gasteiger partial charge in [-0.1, -0.05) is 25.5 Å². The van der Waals surface area contributed by atoms with Crippen molar-refractivity contribution in [1.82, 2.24) is 0 Å². The molecule has 0 unspecified atom stereocenters. The average Bonchev–Trinajstić information content (AvgIpc) is 2.54. The molecule has 2 aromatic carbocycles. The zero-order valence-electron chi connectivity index (χ0n) is 12.6. The predicted octanol–water partition coefficient (Wildman–Crippen LogP) is 4.24. The minimum Gasteiger partial charge on any atom is -0.206 e. The Hall–Kier alpha value is -2.87. The average molecular weight is 311 g/mol. The van der Waals surface area contributed by atoms with E-state index in [1.807, 2.05) is 13.0 Å². The lowest BCUT2D eigenvalue weighted by molar-refractivity contribution is 0.576. The lowest BCUT2D eigenvalue weighted by atomic mass is 10.1. The van der Waals surface area contributed by atoms with Crippen LogP contribution in [0.3, 0.4) is 0 Å². The van der Waals surface area contributed by atoms with Gasteiger partial charge in [0, 0.05) is 0 Å². The number of nitrogens with zero attached hydrogens (tertiary/aromatic N) is 3. The number of aryl methyl sites for hydroxylation is 1. The van der Waals surface area contributed by atoms with Gasteiger partial charge in [0.2, 0.25) is 0 Å². The first kappa shape index (κ1) is 16.5. The fraction of sp³-hybridized carbons (Fsp3) is 0.167. The molecule has 23 heavy (non-hydrogen) atoms. The molecule has 0 amide bonds. The first-order valence-corrected chi connectivity index (χ1v) is 7.18. The van der Waals surface area contributed by atoms with Crippen LogP contribution in [0, 0.1) is 23.0 Å². The van der Waals surface area contributed by atoms with Crippen molar-refractivity contribution in [3.05, 3.63) is 70.3 Å². The van der Waals surface area contributed by atoms with Crippen molar-refractivity contribution in [2.45, 2.75) is 19.8 Å².